The monoisotopic (exact) mass is 641 g/mol. The highest BCUT2D eigenvalue weighted by Crippen LogP contribution is 2.31. The van der Waals surface area contributed by atoms with Crippen LogP contribution in [0.25, 0.3) is 10.9 Å². The zero-order valence-corrected chi connectivity index (χ0v) is 26.8. The molecule has 2 amide bonds. The topological polar surface area (TPSA) is 156 Å². The number of benzene rings is 2. The number of carbonyl (C=O) groups is 2. The van der Waals surface area contributed by atoms with Crippen LogP contribution in [-0.4, -0.2) is 96.0 Å². The van der Waals surface area contributed by atoms with E-state index in [-0.39, 0.29) is 11.8 Å². The molecule has 0 atom stereocenters. The Labute approximate surface area is 268 Å². The molecule has 13 heteroatoms. The molecule has 3 aromatic rings. The van der Waals surface area contributed by atoms with Crippen LogP contribution in [0.15, 0.2) is 47.5 Å². The SMILES string of the molecule is CCC(=O)NCCOCCOCCOCCOCCOCCNC(=O)c1ccc(SNc2ccc(C)c3c(C#N)c[nH]c23)cc1. The summed E-state index contributed by atoms with van der Waals surface area (Å²) in [4.78, 5) is 27.7. The van der Waals surface area contributed by atoms with E-state index in [2.05, 4.69) is 26.4 Å². The summed E-state index contributed by atoms with van der Waals surface area (Å²) in [5.41, 5.74) is 4.00. The number of H-pyrrole nitrogens is 1. The fraction of sp³-hybridized carbons (Fsp3) is 0.469. The average Bonchev–Trinajstić information content (AvgIpc) is 3.51. The van der Waals surface area contributed by atoms with Gasteiger partial charge in [0.05, 0.1) is 82.8 Å². The van der Waals surface area contributed by atoms with Crippen LogP contribution in [0.3, 0.4) is 0 Å². The molecule has 0 aliphatic rings. The van der Waals surface area contributed by atoms with Gasteiger partial charge in [-0.2, -0.15) is 5.26 Å². The van der Waals surface area contributed by atoms with E-state index in [1.807, 2.05) is 38.1 Å². The van der Waals surface area contributed by atoms with E-state index in [0.29, 0.717) is 96.7 Å². The number of aryl methyl sites for hydroxylation is 1. The molecule has 0 saturated carbocycles. The Morgan fingerprint density at radius 2 is 1.36 bits per heavy atom. The van der Waals surface area contributed by atoms with Gasteiger partial charge in [-0.25, -0.2) is 0 Å². The molecule has 0 saturated heterocycles. The van der Waals surface area contributed by atoms with Gasteiger partial charge in [0.2, 0.25) is 5.91 Å². The van der Waals surface area contributed by atoms with Crippen LogP contribution in [0.1, 0.15) is 34.8 Å². The van der Waals surface area contributed by atoms with Gasteiger partial charge < -0.3 is 44.0 Å². The third-order valence-electron chi connectivity index (χ3n) is 6.47. The average molecular weight is 642 g/mol. The number of nitrogens with one attached hydrogen (secondary N) is 4. The highest BCUT2D eigenvalue weighted by molar-refractivity contribution is 8.00. The summed E-state index contributed by atoms with van der Waals surface area (Å²) in [5, 5.41) is 15.9. The first-order chi connectivity index (χ1) is 22.0. The highest BCUT2D eigenvalue weighted by atomic mass is 32.2. The van der Waals surface area contributed by atoms with Crippen LogP contribution in [-0.2, 0) is 28.5 Å². The lowest BCUT2D eigenvalue weighted by Gasteiger charge is -2.10. The van der Waals surface area contributed by atoms with Crippen molar-refractivity contribution < 1.29 is 33.3 Å². The molecule has 244 valence electrons. The van der Waals surface area contributed by atoms with Gasteiger partial charge >= 0.3 is 0 Å². The van der Waals surface area contributed by atoms with Crippen molar-refractivity contribution in [3.8, 4) is 6.07 Å². The fourth-order valence-corrected chi connectivity index (χ4v) is 4.76. The van der Waals surface area contributed by atoms with Gasteiger partial charge in [-0.3, -0.25) is 9.59 Å². The van der Waals surface area contributed by atoms with Crippen molar-refractivity contribution in [3.63, 3.8) is 0 Å². The molecule has 3 rings (SSSR count). The van der Waals surface area contributed by atoms with E-state index in [1.54, 1.807) is 18.3 Å². The number of fused-ring (bicyclic) bond motifs is 1. The number of ether oxygens (including phenoxy) is 5. The molecule has 0 aliphatic heterocycles. The Balaban J connectivity index is 1.14. The number of aromatic amines is 1. The Bertz CT molecular complexity index is 1360. The lowest BCUT2D eigenvalue weighted by Crippen LogP contribution is -2.27. The predicted molar refractivity (Wildman–Crippen MR) is 173 cm³/mol. The smallest absolute Gasteiger partial charge is 0.251 e. The van der Waals surface area contributed by atoms with Gasteiger partial charge in [0.15, 0.2) is 0 Å². The number of carbonyl (C=O) groups excluding carboxylic acids is 2. The Morgan fingerprint density at radius 1 is 0.800 bits per heavy atom. The van der Waals surface area contributed by atoms with E-state index in [1.165, 1.54) is 11.9 Å². The van der Waals surface area contributed by atoms with Gasteiger partial charge in [0.25, 0.3) is 5.91 Å². The van der Waals surface area contributed by atoms with Crippen molar-refractivity contribution >= 4 is 40.4 Å². The number of rotatable bonds is 23. The molecule has 0 radical (unpaired) electrons. The Morgan fingerprint density at radius 3 is 1.91 bits per heavy atom. The van der Waals surface area contributed by atoms with Gasteiger partial charge in [0, 0.05) is 41.6 Å². The molecule has 0 bridgehead atoms. The molecule has 0 aliphatic carbocycles. The first-order valence-corrected chi connectivity index (χ1v) is 15.8. The number of aromatic nitrogens is 1. The van der Waals surface area contributed by atoms with Crippen LogP contribution >= 0.6 is 11.9 Å². The molecule has 2 aromatic carbocycles. The quantitative estimate of drug-likeness (QED) is 0.0887. The van der Waals surface area contributed by atoms with Gasteiger partial charge in [-0.15, -0.1) is 0 Å². The normalized spacial score (nSPS) is 11.0. The number of hydrogen-bond acceptors (Lipinski definition) is 10. The van der Waals surface area contributed by atoms with Crippen molar-refractivity contribution in [1.82, 2.24) is 15.6 Å². The number of amides is 2. The Kier molecular flexibility index (Phi) is 16.8. The third kappa shape index (κ3) is 13.1. The zero-order valence-electron chi connectivity index (χ0n) is 25.9. The summed E-state index contributed by atoms with van der Waals surface area (Å²) >= 11 is 1.43. The van der Waals surface area contributed by atoms with Gasteiger partial charge in [-0.05, 0) is 54.8 Å². The lowest BCUT2D eigenvalue weighted by molar-refractivity contribution is -0.121. The molecule has 1 aromatic heterocycles. The van der Waals surface area contributed by atoms with E-state index >= 15 is 0 Å². The number of nitrogens with zero attached hydrogens (tertiary/aromatic N) is 1. The fourth-order valence-electron chi connectivity index (χ4n) is 4.09. The molecule has 4 N–H and O–H groups in total. The van der Waals surface area contributed by atoms with Crippen molar-refractivity contribution in [2.24, 2.45) is 0 Å². The van der Waals surface area contributed by atoms with Crippen LogP contribution in [0, 0.1) is 18.3 Å². The van der Waals surface area contributed by atoms with Crippen LogP contribution < -0.4 is 15.4 Å². The second kappa shape index (κ2) is 21.2. The van der Waals surface area contributed by atoms with E-state index in [4.69, 9.17) is 23.7 Å². The largest absolute Gasteiger partial charge is 0.377 e. The molecule has 0 spiro atoms. The summed E-state index contributed by atoms with van der Waals surface area (Å²) in [6, 6.07) is 13.5. The number of nitriles is 1. The maximum atomic E-state index is 12.5. The van der Waals surface area contributed by atoms with Crippen molar-refractivity contribution in [1.29, 1.82) is 5.26 Å². The third-order valence-corrected chi connectivity index (χ3v) is 7.30. The van der Waals surface area contributed by atoms with Crippen molar-refractivity contribution in [2.75, 3.05) is 83.9 Å². The number of hydrogen-bond donors (Lipinski definition) is 4. The summed E-state index contributed by atoms with van der Waals surface area (Å²) in [6.07, 6.45) is 2.19. The minimum absolute atomic E-state index is 0.0179. The van der Waals surface area contributed by atoms with E-state index < -0.39 is 0 Å². The summed E-state index contributed by atoms with van der Waals surface area (Å²) in [7, 11) is 0. The van der Waals surface area contributed by atoms with Gasteiger partial charge in [0.1, 0.15) is 6.07 Å². The molecule has 1 heterocycles. The Hall–Kier alpha value is -3.64. The standard InChI is InChI=1S/C32H43N5O7S/c1-3-29(38)34-10-12-40-14-16-42-18-20-44-21-19-43-17-15-41-13-11-35-32(39)25-5-7-27(8-6-25)45-37-28-9-4-24(2)30-26(22-33)23-36-31(28)30/h4-9,23,36-37H,3,10-21H2,1-2H3,(H,34,38)(H,35,39). The zero-order chi connectivity index (χ0) is 32.1. The van der Waals surface area contributed by atoms with Gasteiger partial charge in [-0.1, -0.05) is 13.0 Å². The first kappa shape index (κ1) is 35.8. The summed E-state index contributed by atoms with van der Waals surface area (Å²) in [5.74, 6) is -0.148. The summed E-state index contributed by atoms with van der Waals surface area (Å²) in [6.45, 7) is 9.23. The van der Waals surface area contributed by atoms with E-state index in [0.717, 1.165) is 27.0 Å². The second-order valence-corrected chi connectivity index (χ2v) is 10.6. The number of anilines is 1. The lowest BCUT2D eigenvalue weighted by atomic mass is 10.1. The maximum absolute atomic E-state index is 12.5. The molecule has 45 heavy (non-hydrogen) atoms. The van der Waals surface area contributed by atoms with E-state index in [9.17, 15) is 14.9 Å². The van der Waals surface area contributed by atoms with Crippen LogP contribution in [0.4, 0.5) is 5.69 Å². The minimum Gasteiger partial charge on any atom is -0.377 e. The molecule has 0 fully saturated rings. The van der Waals surface area contributed by atoms with Crippen molar-refractivity contribution in [2.45, 2.75) is 25.2 Å². The van der Waals surface area contributed by atoms with Crippen LogP contribution in [0.5, 0.6) is 0 Å². The van der Waals surface area contributed by atoms with Crippen molar-refractivity contribution in [3.05, 3.63) is 59.3 Å². The molecule has 12 nitrogen and oxygen atoms in total. The van der Waals surface area contributed by atoms with Crippen LogP contribution in [0.2, 0.25) is 0 Å². The first-order valence-electron chi connectivity index (χ1n) is 15.0. The molecular formula is C32H43N5O7S. The minimum atomic E-state index is -0.166. The maximum Gasteiger partial charge on any atom is 0.251 e. The second-order valence-electron chi connectivity index (χ2n) is 9.74. The predicted octanol–water partition coefficient (Wildman–Crippen LogP) is 3.81. The molecule has 0 unspecified atom stereocenters. The summed E-state index contributed by atoms with van der Waals surface area (Å²) < 4.78 is 30.6. The highest BCUT2D eigenvalue weighted by Gasteiger charge is 2.11. The molecular weight excluding hydrogens is 598 g/mol.